The van der Waals surface area contributed by atoms with Gasteiger partial charge >= 0.3 is 5.97 Å². The molecule has 1 saturated carbocycles. The minimum Gasteiger partial charge on any atom is -0.495 e. The van der Waals surface area contributed by atoms with Crippen LogP contribution in [0.25, 0.3) is 0 Å². The molecule has 0 aromatic carbocycles. The molecule has 2 N–H and O–H groups in total. The average Bonchev–Trinajstić information content (AvgIpc) is 3.46. The van der Waals surface area contributed by atoms with E-state index in [1.54, 1.807) is 6.26 Å². The third-order valence-corrected chi connectivity index (χ3v) is 5.76. The maximum absolute atomic E-state index is 11.7. The topological polar surface area (TPSA) is 86.6 Å². The van der Waals surface area contributed by atoms with E-state index in [0.717, 1.165) is 61.8 Å². The van der Waals surface area contributed by atoms with Gasteiger partial charge in [-0.2, -0.15) is 0 Å². The first-order valence-electron chi connectivity index (χ1n) is 9.64. The van der Waals surface area contributed by atoms with Gasteiger partial charge in [-0.3, -0.25) is 0 Å². The molecule has 5 aliphatic rings. The van der Waals surface area contributed by atoms with E-state index in [2.05, 4.69) is 15.1 Å². The van der Waals surface area contributed by atoms with Crippen molar-refractivity contribution >= 4 is 11.9 Å². The van der Waals surface area contributed by atoms with Crippen LogP contribution in [0, 0.1) is 5.92 Å². The second-order valence-corrected chi connectivity index (χ2v) is 7.57. The molecule has 0 radical (unpaired) electrons. The number of guanidine groups is 1. The Morgan fingerprint density at radius 2 is 2.11 bits per heavy atom. The summed E-state index contributed by atoms with van der Waals surface area (Å²) >= 11 is 0. The van der Waals surface area contributed by atoms with Crippen molar-refractivity contribution in [3.05, 3.63) is 35.0 Å². The lowest BCUT2D eigenvalue weighted by Gasteiger charge is -2.38. The van der Waals surface area contributed by atoms with E-state index >= 15 is 0 Å². The SMILES string of the molecule is O=C(O)C(NC1=COCC2=C3C1=CN=C(N1CCOCC1)N3CC2)C1CC1. The number of carboxylic acids is 1. The van der Waals surface area contributed by atoms with Crippen LogP contribution in [0.1, 0.15) is 19.3 Å². The van der Waals surface area contributed by atoms with Gasteiger partial charge in [0.05, 0.1) is 24.6 Å². The van der Waals surface area contributed by atoms with Gasteiger partial charge in [0.2, 0.25) is 5.96 Å². The number of carbonyl (C=O) groups is 1. The second kappa shape index (κ2) is 6.60. The molecule has 8 nitrogen and oxygen atoms in total. The minimum atomic E-state index is -0.811. The monoisotopic (exact) mass is 372 g/mol. The minimum absolute atomic E-state index is 0.191. The van der Waals surface area contributed by atoms with Crippen LogP contribution in [0.5, 0.6) is 0 Å². The molecule has 0 amide bonds. The summed E-state index contributed by atoms with van der Waals surface area (Å²) in [7, 11) is 0. The summed E-state index contributed by atoms with van der Waals surface area (Å²) in [6, 6.07) is -0.581. The van der Waals surface area contributed by atoms with E-state index in [4.69, 9.17) is 14.5 Å². The van der Waals surface area contributed by atoms with E-state index in [9.17, 15) is 9.90 Å². The fraction of sp³-hybridized carbons (Fsp3) is 0.579. The molecule has 144 valence electrons. The first kappa shape index (κ1) is 16.7. The van der Waals surface area contributed by atoms with Gasteiger partial charge in [0.25, 0.3) is 0 Å². The number of morpholine rings is 1. The summed E-state index contributed by atoms with van der Waals surface area (Å²) in [6.45, 7) is 4.51. The van der Waals surface area contributed by atoms with E-state index in [-0.39, 0.29) is 5.92 Å². The highest BCUT2D eigenvalue weighted by Gasteiger charge is 2.40. The Labute approximate surface area is 157 Å². The summed E-state index contributed by atoms with van der Waals surface area (Å²) in [4.78, 5) is 21.0. The molecule has 1 saturated heterocycles. The average molecular weight is 372 g/mol. The van der Waals surface area contributed by atoms with Gasteiger partial charge in [-0.25, -0.2) is 9.79 Å². The predicted molar refractivity (Wildman–Crippen MR) is 97.6 cm³/mol. The Bertz CT molecular complexity index is 775. The zero-order chi connectivity index (χ0) is 18.4. The Balaban J connectivity index is 1.47. The van der Waals surface area contributed by atoms with Crippen molar-refractivity contribution in [2.24, 2.45) is 10.9 Å². The molecule has 0 aromatic rings. The number of nitrogens with zero attached hydrogens (tertiary/aromatic N) is 3. The summed E-state index contributed by atoms with van der Waals surface area (Å²) in [6.07, 6.45) is 6.37. The molecule has 1 atom stereocenters. The third kappa shape index (κ3) is 2.97. The van der Waals surface area contributed by atoms with Crippen molar-refractivity contribution in [2.45, 2.75) is 25.3 Å². The molecular formula is C19H24N4O4. The molecule has 27 heavy (non-hydrogen) atoms. The molecule has 0 aromatic heterocycles. The Hall–Kier alpha value is -2.48. The standard InChI is InChI=1S/C19H24N4O4/c24-18(25)16(12-1-2-12)21-15-11-27-10-13-3-4-23-17(13)14(15)9-20-19(23)22-5-7-26-8-6-22/h9,11-12,16,21H,1-8,10H2,(H,24,25). The van der Waals surface area contributed by atoms with Crippen LogP contribution in [0.15, 0.2) is 40.0 Å². The van der Waals surface area contributed by atoms with Crippen LogP contribution in [-0.4, -0.2) is 72.3 Å². The fourth-order valence-corrected chi connectivity index (χ4v) is 4.19. The number of hydrogen-bond acceptors (Lipinski definition) is 7. The Morgan fingerprint density at radius 3 is 2.85 bits per heavy atom. The zero-order valence-electron chi connectivity index (χ0n) is 15.2. The molecule has 0 spiro atoms. The first-order valence-corrected chi connectivity index (χ1v) is 9.64. The van der Waals surface area contributed by atoms with Crippen molar-refractivity contribution < 1.29 is 19.4 Å². The quantitative estimate of drug-likeness (QED) is 0.757. The number of ether oxygens (including phenoxy) is 2. The molecule has 5 rings (SSSR count). The van der Waals surface area contributed by atoms with Crippen molar-refractivity contribution in [1.29, 1.82) is 0 Å². The number of aliphatic carboxylic acids is 1. The highest BCUT2D eigenvalue weighted by Crippen LogP contribution is 2.39. The Kier molecular flexibility index (Phi) is 4.07. The van der Waals surface area contributed by atoms with Gasteiger partial charge in [0, 0.05) is 31.4 Å². The largest absolute Gasteiger partial charge is 0.495 e. The van der Waals surface area contributed by atoms with Gasteiger partial charge in [-0.05, 0) is 30.8 Å². The van der Waals surface area contributed by atoms with Gasteiger partial charge in [0.15, 0.2) is 0 Å². The van der Waals surface area contributed by atoms with Crippen molar-refractivity contribution in [3.63, 3.8) is 0 Å². The van der Waals surface area contributed by atoms with E-state index in [0.29, 0.717) is 19.8 Å². The smallest absolute Gasteiger partial charge is 0.326 e. The van der Waals surface area contributed by atoms with Crippen molar-refractivity contribution in [2.75, 3.05) is 39.5 Å². The van der Waals surface area contributed by atoms with Gasteiger partial charge in [-0.1, -0.05) is 0 Å². The van der Waals surface area contributed by atoms with Gasteiger partial charge < -0.3 is 29.7 Å². The summed E-state index contributed by atoms with van der Waals surface area (Å²) in [5.41, 5.74) is 4.02. The van der Waals surface area contributed by atoms with E-state index < -0.39 is 12.0 Å². The van der Waals surface area contributed by atoms with E-state index in [1.807, 2.05) is 6.20 Å². The highest BCUT2D eigenvalue weighted by atomic mass is 16.5. The second-order valence-electron chi connectivity index (χ2n) is 7.57. The van der Waals surface area contributed by atoms with Crippen LogP contribution in [-0.2, 0) is 14.3 Å². The highest BCUT2D eigenvalue weighted by molar-refractivity contribution is 5.86. The molecule has 0 bridgehead atoms. The van der Waals surface area contributed by atoms with Crippen LogP contribution in [0.2, 0.25) is 0 Å². The molecule has 4 heterocycles. The molecule has 4 aliphatic heterocycles. The number of carboxylic acid groups (broad SMARTS) is 1. The third-order valence-electron chi connectivity index (χ3n) is 5.76. The Morgan fingerprint density at radius 1 is 1.30 bits per heavy atom. The lowest BCUT2D eigenvalue weighted by atomic mass is 10.0. The van der Waals surface area contributed by atoms with Gasteiger partial charge in [-0.15, -0.1) is 0 Å². The summed E-state index contributed by atoms with van der Waals surface area (Å²) in [5.74, 6) is 0.343. The normalized spacial score (nSPS) is 25.7. The van der Waals surface area contributed by atoms with Crippen molar-refractivity contribution in [1.82, 2.24) is 15.1 Å². The van der Waals surface area contributed by atoms with Crippen LogP contribution in [0.3, 0.4) is 0 Å². The van der Waals surface area contributed by atoms with Gasteiger partial charge in [0.1, 0.15) is 18.9 Å². The summed E-state index contributed by atoms with van der Waals surface area (Å²) < 4.78 is 11.2. The lowest BCUT2D eigenvalue weighted by molar-refractivity contribution is -0.139. The number of nitrogens with one attached hydrogen (secondary N) is 1. The van der Waals surface area contributed by atoms with Crippen LogP contribution < -0.4 is 5.32 Å². The molecule has 2 fully saturated rings. The maximum Gasteiger partial charge on any atom is 0.326 e. The summed E-state index contributed by atoms with van der Waals surface area (Å²) in [5, 5.41) is 12.8. The molecule has 1 unspecified atom stereocenters. The number of rotatable bonds is 4. The maximum atomic E-state index is 11.7. The lowest BCUT2D eigenvalue weighted by Crippen LogP contribution is -2.49. The number of hydrogen-bond donors (Lipinski definition) is 2. The van der Waals surface area contributed by atoms with Crippen molar-refractivity contribution in [3.8, 4) is 0 Å². The fourth-order valence-electron chi connectivity index (χ4n) is 4.19. The predicted octanol–water partition coefficient (Wildman–Crippen LogP) is 0.856. The number of aliphatic imine (C=N–C) groups is 1. The first-order chi connectivity index (χ1) is 13.2. The molecular weight excluding hydrogens is 348 g/mol. The molecule has 8 heteroatoms. The van der Waals surface area contributed by atoms with E-state index in [1.165, 1.54) is 5.57 Å². The molecule has 1 aliphatic carbocycles. The van der Waals surface area contributed by atoms with Crippen LogP contribution >= 0.6 is 0 Å². The zero-order valence-corrected chi connectivity index (χ0v) is 15.2. The van der Waals surface area contributed by atoms with Crippen LogP contribution in [0.4, 0.5) is 0 Å².